The molecule has 1 aliphatic rings. The number of anilines is 1. The highest BCUT2D eigenvalue weighted by atomic mass is 16.5. The molecule has 6 nitrogen and oxygen atoms in total. The number of ether oxygens (including phenoxy) is 1. The number of hydrogen-bond acceptors (Lipinski definition) is 6. The van der Waals surface area contributed by atoms with Crippen molar-refractivity contribution in [1.82, 2.24) is 20.3 Å². The second-order valence-electron chi connectivity index (χ2n) is 6.19. The van der Waals surface area contributed by atoms with Gasteiger partial charge >= 0.3 is 0 Å². The van der Waals surface area contributed by atoms with Gasteiger partial charge in [-0.15, -0.1) is 0 Å². The Morgan fingerprint density at radius 2 is 2.12 bits per heavy atom. The van der Waals surface area contributed by atoms with E-state index in [2.05, 4.69) is 28.6 Å². The molecule has 1 aliphatic heterocycles. The van der Waals surface area contributed by atoms with E-state index in [9.17, 15) is 0 Å². The van der Waals surface area contributed by atoms with Gasteiger partial charge in [-0.3, -0.25) is 4.98 Å². The molecule has 1 atom stereocenters. The number of hydrogen-bond donors (Lipinski definition) is 2. The first-order chi connectivity index (χ1) is 12.3. The standard InChI is InChI=1S/C19H27N5O/c1-3-16(14-6-5-9-21-12-14)23-19-15-7-10-20-11-8-17(15)22-18(24-19)13-25-4-2/h5-6,9,12,16,20H,3-4,7-8,10-11,13H2,1-2H3,(H,22,23,24). The van der Waals surface area contributed by atoms with Gasteiger partial charge < -0.3 is 15.4 Å². The molecule has 0 saturated carbocycles. The molecule has 2 aromatic rings. The Kier molecular flexibility index (Phi) is 6.30. The van der Waals surface area contributed by atoms with Gasteiger partial charge in [0.05, 0.1) is 11.7 Å². The molecule has 3 heterocycles. The first-order valence-electron chi connectivity index (χ1n) is 9.15. The van der Waals surface area contributed by atoms with E-state index in [0.29, 0.717) is 13.2 Å². The minimum atomic E-state index is 0.184. The van der Waals surface area contributed by atoms with E-state index in [0.717, 1.165) is 49.7 Å². The summed E-state index contributed by atoms with van der Waals surface area (Å²) in [6, 6.07) is 4.27. The Labute approximate surface area is 149 Å². The van der Waals surface area contributed by atoms with Crippen LogP contribution in [0.1, 0.15) is 49.0 Å². The van der Waals surface area contributed by atoms with Crippen LogP contribution in [0.2, 0.25) is 0 Å². The molecule has 2 N–H and O–H groups in total. The molecule has 0 fully saturated rings. The van der Waals surface area contributed by atoms with Crippen LogP contribution in [0.15, 0.2) is 24.5 Å². The van der Waals surface area contributed by atoms with Crippen LogP contribution in [0.4, 0.5) is 5.82 Å². The van der Waals surface area contributed by atoms with Crippen molar-refractivity contribution in [3.63, 3.8) is 0 Å². The van der Waals surface area contributed by atoms with E-state index in [-0.39, 0.29) is 6.04 Å². The summed E-state index contributed by atoms with van der Waals surface area (Å²) in [5.41, 5.74) is 3.54. The first kappa shape index (κ1) is 17.8. The zero-order valence-electron chi connectivity index (χ0n) is 15.1. The van der Waals surface area contributed by atoms with Crippen molar-refractivity contribution < 1.29 is 4.74 Å². The van der Waals surface area contributed by atoms with Crippen LogP contribution in [0.5, 0.6) is 0 Å². The Morgan fingerprint density at radius 3 is 2.88 bits per heavy atom. The van der Waals surface area contributed by atoms with E-state index >= 15 is 0 Å². The molecule has 0 bridgehead atoms. The van der Waals surface area contributed by atoms with E-state index in [1.165, 1.54) is 11.1 Å². The highest BCUT2D eigenvalue weighted by molar-refractivity contribution is 5.49. The lowest BCUT2D eigenvalue weighted by molar-refractivity contribution is 0.128. The molecule has 0 radical (unpaired) electrons. The van der Waals surface area contributed by atoms with Gasteiger partial charge in [0.2, 0.25) is 0 Å². The summed E-state index contributed by atoms with van der Waals surface area (Å²) in [5, 5.41) is 7.09. The van der Waals surface area contributed by atoms with Crippen LogP contribution in [0.25, 0.3) is 0 Å². The highest BCUT2D eigenvalue weighted by Crippen LogP contribution is 2.26. The van der Waals surface area contributed by atoms with Crippen LogP contribution >= 0.6 is 0 Å². The topological polar surface area (TPSA) is 72.0 Å². The number of nitrogens with zero attached hydrogens (tertiary/aromatic N) is 3. The Morgan fingerprint density at radius 1 is 1.24 bits per heavy atom. The molecule has 6 heteroatoms. The van der Waals surface area contributed by atoms with Gasteiger partial charge in [-0.1, -0.05) is 13.0 Å². The van der Waals surface area contributed by atoms with E-state index in [1.54, 1.807) is 6.20 Å². The van der Waals surface area contributed by atoms with Crippen molar-refractivity contribution in [2.45, 2.75) is 45.8 Å². The minimum absolute atomic E-state index is 0.184. The zero-order chi connectivity index (χ0) is 17.5. The lowest BCUT2D eigenvalue weighted by Gasteiger charge is -2.21. The molecule has 3 rings (SSSR count). The minimum Gasteiger partial charge on any atom is -0.374 e. The predicted octanol–water partition coefficient (Wildman–Crippen LogP) is 2.66. The van der Waals surface area contributed by atoms with Crippen molar-refractivity contribution in [3.05, 3.63) is 47.2 Å². The van der Waals surface area contributed by atoms with Gasteiger partial charge in [-0.25, -0.2) is 9.97 Å². The van der Waals surface area contributed by atoms with Crippen molar-refractivity contribution in [2.24, 2.45) is 0 Å². The maximum absolute atomic E-state index is 5.53. The third kappa shape index (κ3) is 4.52. The molecule has 0 saturated heterocycles. The smallest absolute Gasteiger partial charge is 0.156 e. The lowest BCUT2D eigenvalue weighted by Crippen LogP contribution is -2.17. The third-order valence-electron chi connectivity index (χ3n) is 4.47. The summed E-state index contributed by atoms with van der Waals surface area (Å²) in [6.07, 6.45) is 6.55. The van der Waals surface area contributed by atoms with Gasteiger partial charge in [-0.2, -0.15) is 0 Å². The third-order valence-corrected chi connectivity index (χ3v) is 4.47. The molecule has 0 aromatic carbocycles. The summed E-state index contributed by atoms with van der Waals surface area (Å²) in [5.74, 6) is 1.70. The largest absolute Gasteiger partial charge is 0.374 e. The predicted molar refractivity (Wildman–Crippen MR) is 98.5 cm³/mol. The van der Waals surface area contributed by atoms with Gasteiger partial charge in [-0.05, 0) is 37.9 Å². The summed E-state index contributed by atoms with van der Waals surface area (Å²) >= 11 is 0. The van der Waals surface area contributed by atoms with Crippen LogP contribution in [0.3, 0.4) is 0 Å². The molecule has 0 spiro atoms. The fourth-order valence-electron chi connectivity index (χ4n) is 3.14. The van der Waals surface area contributed by atoms with Crippen molar-refractivity contribution in [3.8, 4) is 0 Å². The number of fused-ring (bicyclic) bond motifs is 1. The highest BCUT2D eigenvalue weighted by Gasteiger charge is 2.19. The number of rotatable bonds is 7. The second kappa shape index (κ2) is 8.87. The van der Waals surface area contributed by atoms with Gasteiger partial charge in [0.15, 0.2) is 5.82 Å². The Hall–Kier alpha value is -2.05. The number of pyridine rings is 1. The van der Waals surface area contributed by atoms with Gasteiger partial charge in [0.1, 0.15) is 12.4 Å². The maximum Gasteiger partial charge on any atom is 0.156 e. The summed E-state index contributed by atoms with van der Waals surface area (Å²) in [6.45, 7) is 7.19. The monoisotopic (exact) mass is 341 g/mol. The fraction of sp³-hybridized carbons (Fsp3) is 0.526. The number of aromatic nitrogens is 3. The van der Waals surface area contributed by atoms with Crippen LogP contribution in [-0.4, -0.2) is 34.6 Å². The summed E-state index contributed by atoms with van der Waals surface area (Å²) in [7, 11) is 0. The lowest BCUT2D eigenvalue weighted by atomic mass is 10.0. The fourth-order valence-corrected chi connectivity index (χ4v) is 3.14. The quantitative estimate of drug-likeness (QED) is 0.807. The van der Waals surface area contributed by atoms with Crippen LogP contribution < -0.4 is 10.6 Å². The zero-order valence-corrected chi connectivity index (χ0v) is 15.1. The summed E-state index contributed by atoms with van der Waals surface area (Å²) in [4.78, 5) is 13.8. The Bertz CT molecular complexity index is 677. The number of nitrogens with one attached hydrogen (secondary N) is 2. The van der Waals surface area contributed by atoms with Gasteiger partial charge in [0, 0.05) is 37.5 Å². The molecular formula is C19H27N5O. The molecule has 134 valence electrons. The van der Waals surface area contributed by atoms with E-state index < -0.39 is 0 Å². The second-order valence-corrected chi connectivity index (χ2v) is 6.19. The normalized spacial score (nSPS) is 15.3. The van der Waals surface area contributed by atoms with Crippen LogP contribution in [-0.2, 0) is 24.2 Å². The SMILES string of the molecule is CCOCc1nc2c(c(NC(CC)c3cccnc3)n1)CCNCC2. The average Bonchev–Trinajstić information content (AvgIpc) is 2.90. The molecule has 25 heavy (non-hydrogen) atoms. The molecule has 0 aliphatic carbocycles. The average molecular weight is 341 g/mol. The van der Waals surface area contributed by atoms with E-state index in [1.807, 2.05) is 19.2 Å². The first-order valence-corrected chi connectivity index (χ1v) is 9.15. The Balaban J connectivity index is 1.92. The van der Waals surface area contributed by atoms with Crippen LogP contribution in [0, 0.1) is 0 Å². The molecule has 2 aromatic heterocycles. The maximum atomic E-state index is 5.53. The molecular weight excluding hydrogens is 314 g/mol. The summed E-state index contributed by atoms with van der Waals surface area (Å²) < 4.78 is 5.53. The molecule has 1 unspecified atom stereocenters. The van der Waals surface area contributed by atoms with Crippen molar-refractivity contribution >= 4 is 5.82 Å². The van der Waals surface area contributed by atoms with Gasteiger partial charge in [0.25, 0.3) is 0 Å². The van der Waals surface area contributed by atoms with E-state index in [4.69, 9.17) is 14.7 Å². The molecule has 0 amide bonds. The van der Waals surface area contributed by atoms with Crippen molar-refractivity contribution in [2.75, 3.05) is 25.0 Å². The van der Waals surface area contributed by atoms with Crippen molar-refractivity contribution in [1.29, 1.82) is 0 Å².